The Morgan fingerprint density at radius 1 is 1.10 bits per heavy atom. The van der Waals surface area contributed by atoms with Gasteiger partial charge in [-0.2, -0.15) is 0 Å². The van der Waals surface area contributed by atoms with Crippen molar-refractivity contribution in [2.75, 3.05) is 20.7 Å². The second-order valence-electron chi connectivity index (χ2n) is 12.6. The van der Waals surface area contributed by atoms with Gasteiger partial charge in [0.05, 0.1) is 23.9 Å². The van der Waals surface area contributed by atoms with Crippen LogP contribution in [-0.2, 0) is 33.3 Å². The molecule has 2 rings (SSSR count). The van der Waals surface area contributed by atoms with E-state index in [0.29, 0.717) is 12.8 Å². The SMILES string of the molecule is C#CCCN(C)[C@@H]1C[C@H](O[C@@H]2[C@@H](C)C(=O)[C@@H](C)C(=O)O[C@H](I)[C@@](C)(O)[C@H](O)[C@@H](C)C(=O)[C@H](C)C[C@@]2(C)OC)O[C@H](C)C1. The smallest absolute Gasteiger partial charge is 0.317 e. The number of ether oxygens (including phenoxy) is 4. The molecule has 2 heterocycles. The Balaban J connectivity index is 2.52. The number of Topliss-reactive ketones (excluding diaryl/α,β-unsaturated/α-hetero) is 2. The highest BCUT2D eigenvalue weighted by Crippen LogP contribution is 2.38. The molecule has 42 heavy (non-hydrogen) atoms. The van der Waals surface area contributed by atoms with E-state index in [2.05, 4.69) is 10.8 Å². The number of cyclic esters (lactones) is 1. The zero-order valence-electron chi connectivity index (χ0n) is 26.5. The summed E-state index contributed by atoms with van der Waals surface area (Å²) in [6, 6.07) is 0.135. The maximum atomic E-state index is 13.8. The van der Waals surface area contributed by atoms with Gasteiger partial charge >= 0.3 is 5.97 Å². The fourth-order valence-corrected chi connectivity index (χ4v) is 6.77. The van der Waals surface area contributed by atoms with Crippen molar-refractivity contribution in [2.24, 2.45) is 23.7 Å². The maximum Gasteiger partial charge on any atom is 0.317 e. The highest BCUT2D eigenvalue weighted by Gasteiger charge is 2.50. The summed E-state index contributed by atoms with van der Waals surface area (Å²) in [5.74, 6) is -2.57. The summed E-state index contributed by atoms with van der Waals surface area (Å²) in [6.45, 7) is 12.2. The van der Waals surface area contributed by atoms with Crippen LogP contribution >= 0.6 is 22.6 Å². The number of aliphatic hydroxyl groups is 2. The number of hydrogen-bond donors (Lipinski definition) is 2. The molecular formula is C31H50INO9. The summed E-state index contributed by atoms with van der Waals surface area (Å²) in [6.07, 6.45) is 4.34. The third kappa shape index (κ3) is 8.52. The molecule has 0 aromatic rings. The summed E-state index contributed by atoms with van der Waals surface area (Å²) in [4.78, 5) is 42.6. The number of alkyl halides is 1. The van der Waals surface area contributed by atoms with E-state index in [1.54, 1.807) is 43.4 Å². The first-order valence-corrected chi connectivity index (χ1v) is 16.0. The van der Waals surface area contributed by atoms with E-state index in [9.17, 15) is 24.6 Å². The molecule has 2 fully saturated rings. The van der Waals surface area contributed by atoms with Crippen molar-refractivity contribution < 1.29 is 43.5 Å². The molecule has 0 unspecified atom stereocenters. The quantitative estimate of drug-likeness (QED) is 0.140. The van der Waals surface area contributed by atoms with Crippen LogP contribution in [0, 0.1) is 36.0 Å². The lowest BCUT2D eigenvalue weighted by Crippen LogP contribution is -2.57. The molecule has 12 atom stereocenters. The standard InChI is InChI=1S/C31H50INO9/c1-11-12-13-33(9)22-14-18(3)40-23(15-22)41-27-20(5)25(35)21(6)28(37)42-29(32)31(8,38)26(36)19(4)24(34)17(2)16-30(27,7)39-10/h1,17-23,26-27,29,36,38H,12-16H2,2-10H3/t17-,18-,19+,20+,21-,22+,23+,26-,27-,29+,30-,31+/m1/s1. The van der Waals surface area contributed by atoms with Crippen LogP contribution in [0.2, 0.25) is 0 Å². The number of nitrogens with zero attached hydrogens (tertiary/aromatic N) is 1. The minimum atomic E-state index is -1.95. The Morgan fingerprint density at radius 2 is 1.71 bits per heavy atom. The molecule has 2 aliphatic rings. The van der Waals surface area contributed by atoms with Crippen LogP contribution < -0.4 is 0 Å². The molecule has 0 bridgehead atoms. The number of halogens is 1. The van der Waals surface area contributed by atoms with Gasteiger partial charge in [-0.25, -0.2) is 0 Å². The molecule has 0 spiro atoms. The van der Waals surface area contributed by atoms with Gasteiger partial charge < -0.3 is 34.1 Å². The Labute approximate surface area is 264 Å². The van der Waals surface area contributed by atoms with Gasteiger partial charge in [0, 0.05) is 50.3 Å². The summed E-state index contributed by atoms with van der Waals surface area (Å²) in [7, 11) is 3.51. The zero-order valence-corrected chi connectivity index (χ0v) is 28.6. The van der Waals surface area contributed by atoms with Crippen molar-refractivity contribution in [3.8, 4) is 12.3 Å². The molecule has 0 aliphatic carbocycles. The average Bonchev–Trinajstić information content (AvgIpc) is 2.95. The van der Waals surface area contributed by atoms with Gasteiger partial charge in [0.1, 0.15) is 17.3 Å². The summed E-state index contributed by atoms with van der Waals surface area (Å²) in [5.41, 5.74) is -3.11. The van der Waals surface area contributed by atoms with E-state index < -0.39 is 69.2 Å². The van der Waals surface area contributed by atoms with Crippen LogP contribution in [-0.4, -0.2) is 99.3 Å². The fourth-order valence-electron chi connectivity index (χ4n) is 6.15. The van der Waals surface area contributed by atoms with Crippen LogP contribution in [0.15, 0.2) is 0 Å². The second-order valence-corrected chi connectivity index (χ2v) is 13.8. The van der Waals surface area contributed by atoms with Crippen molar-refractivity contribution in [2.45, 2.75) is 120 Å². The highest BCUT2D eigenvalue weighted by atomic mass is 127. The molecule has 2 N–H and O–H groups in total. The molecule has 0 amide bonds. The van der Waals surface area contributed by atoms with Crippen LogP contribution in [0.4, 0.5) is 0 Å². The second kappa shape index (κ2) is 15.2. The molecule has 240 valence electrons. The predicted molar refractivity (Wildman–Crippen MR) is 166 cm³/mol. The Kier molecular flexibility index (Phi) is 13.4. The minimum Gasteiger partial charge on any atom is -0.448 e. The number of aliphatic hydroxyl groups excluding tert-OH is 1. The van der Waals surface area contributed by atoms with E-state index in [1.807, 2.05) is 14.0 Å². The van der Waals surface area contributed by atoms with Gasteiger partial charge in [0.2, 0.25) is 0 Å². The molecule has 10 nitrogen and oxygen atoms in total. The van der Waals surface area contributed by atoms with Gasteiger partial charge in [-0.15, -0.1) is 12.3 Å². The van der Waals surface area contributed by atoms with Crippen LogP contribution in [0.1, 0.15) is 74.1 Å². The monoisotopic (exact) mass is 707 g/mol. The number of esters is 1. The van der Waals surface area contributed by atoms with E-state index in [1.165, 1.54) is 27.9 Å². The van der Waals surface area contributed by atoms with E-state index in [0.717, 1.165) is 13.0 Å². The van der Waals surface area contributed by atoms with Gasteiger partial charge in [0.25, 0.3) is 0 Å². The lowest BCUT2D eigenvalue weighted by molar-refractivity contribution is -0.263. The Morgan fingerprint density at radius 3 is 2.29 bits per heavy atom. The number of methoxy groups -OCH3 is 1. The molecule has 0 aromatic carbocycles. The summed E-state index contributed by atoms with van der Waals surface area (Å²) in [5, 5.41) is 22.1. The topological polar surface area (TPSA) is 132 Å². The summed E-state index contributed by atoms with van der Waals surface area (Å²) >= 11 is 1.70. The first kappa shape index (κ1) is 37.0. The van der Waals surface area contributed by atoms with Gasteiger partial charge in [-0.3, -0.25) is 14.4 Å². The van der Waals surface area contributed by atoms with Crippen LogP contribution in [0.3, 0.4) is 0 Å². The van der Waals surface area contributed by atoms with E-state index in [-0.39, 0.29) is 24.3 Å². The lowest BCUT2D eigenvalue weighted by atomic mass is 9.75. The molecule has 11 heteroatoms. The van der Waals surface area contributed by atoms with Crippen LogP contribution in [0.5, 0.6) is 0 Å². The van der Waals surface area contributed by atoms with Crippen molar-refractivity contribution in [1.29, 1.82) is 0 Å². The number of hydrogen-bond acceptors (Lipinski definition) is 10. The fraction of sp³-hybridized carbons (Fsp3) is 0.839. The van der Waals surface area contributed by atoms with Gasteiger partial charge in [0.15, 0.2) is 16.2 Å². The van der Waals surface area contributed by atoms with Crippen LogP contribution in [0.25, 0.3) is 0 Å². The molecule has 2 aliphatic heterocycles. The van der Waals surface area contributed by atoms with Crippen molar-refractivity contribution >= 4 is 40.1 Å². The summed E-state index contributed by atoms with van der Waals surface area (Å²) < 4.78 is 23.1. The third-order valence-corrected chi connectivity index (χ3v) is 10.6. The van der Waals surface area contributed by atoms with E-state index in [4.69, 9.17) is 25.4 Å². The first-order valence-electron chi connectivity index (χ1n) is 14.7. The number of carbonyl (C=O) groups is 3. The normalized spacial score (nSPS) is 43.0. The number of carbonyl (C=O) groups excluding carboxylic acids is 3. The molecule has 2 saturated heterocycles. The zero-order chi connectivity index (χ0) is 32.2. The largest absolute Gasteiger partial charge is 0.448 e. The maximum absolute atomic E-state index is 13.8. The molecule has 0 radical (unpaired) electrons. The molecular weight excluding hydrogens is 657 g/mol. The average molecular weight is 708 g/mol. The van der Waals surface area contributed by atoms with Gasteiger partial charge in [-0.1, -0.05) is 20.8 Å². The van der Waals surface area contributed by atoms with Crippen molar-refractivity contribution in [1.82, 2.24) is 4.90 Å². The van der Waals surface area contributed by atoms with Crippen molar-refractivity contribution in [3.63, 3.8) is 0 Å². The number of ketones is 2. The minimum absolute atomic E-state index is 0.120. The van der Waals surface area contributed by atoms with Gasteiger partial charge in [-0.05, 0) is 70.2 Å². The Hall–Kier alpha value is -1.14. The molecule has 0 aromatic heterocycles. The predicted octanol–water partition coefficient (Wildman–Crippen LogP) is 3.13. The Bertz CT molecular complexity index is 999. The number of rotatable bonds is 6. The van der Waals surface area contributed by atoms with E-state index >= 15 is 0 Å². The van der Waals surface area contributed by atoms with Crippen molar-refractivity contribution in [3.05, 3.63) is 0 Å². The lowest BCUT2D eigenvalue weighted by Gasteiger charge is -2.45. The molecule has 0 saturated carbocycles. The third-order valence-electron chi connectivity index (χ3n) is 9.13. The first-order chi connectivity index (χ1) is 19.4. The number of terminal acetylenes is 1. The highest BCUT2D eigenvalue weighted by molar-refractivity contribution is 14.1.